The Kier molecular flexibility index (Phi) is 5.22. The van der Waals surface area contributed by atoms with E-state index in [1.54, 1.807) is 30.3 Å². The van der Waals surface area contributed by atoms with E-state index in [0.717, 1.165) is 5.56 Å². The second-order valence-corrected chi connectivity index (χ2v) is 3.31. The number of nitriles is 1. The third kappa shape index (κ3) is 4.23. The van der Waals surface area contributed by atoms with Crippen LogP contribution < -0.4 is 5.48 Å². The lowest BCUT2D eigenvalue weighted by atomic mass is 10.1. The molecule has 0 aromatic heterocycles. The van der Waals surface area contributed by atoms with E-state index >= 15 is 0 Å². The Morgan fingerprint density at radius 2 is 2.25 bits per heavy atom. The third-order valence-corrected chi connectivity index (χ3v) is 1.92. The zero-order valence-corrected chi connectivity index (χ0v) is 9.07. The van der Waals surface area contributed by atoms with Crippen molar-refractivity contribution in [2.24, 2.45) is 0 Å². The molecule has 1 atom stereocenters. The van der Waals surface area contributed by atoms with E-state index in [-0.39, 0.29) is 6.42 Å². The van der Waals surface area contributed by atoms with Crippen LogP contribution in [0.15, 0.2) is 36.4 Å². The lowest BCUT2D eigenvalue weighted by Gasteiger charge is -2.11. The molecule has 0 spiro atoms. The Bertz CT molecular complexity index is 425. The first kappa shape index (κ1) is 12.4. The van der Waals surface area contributed by atoms with Crippen LogP contribution >= 0.6 is 0 Å². The van der Waals surface area contributed by atoms with E-state index in [9.17, 15) is 8.76 Å². The number of nitrogens with zero attached hydrogens (tertiary/aromatic N) is 1. The molecular weight excluding hydrogens is 228 g/mol. The van der Waals surface area contributed by atoms with E-state index in [4.69, 9.17) is 5.26 Å². The van der Waals surface area contributed by atoms with Crippen LogP contribution in [0.1, 0.15) is 12.0 Å². The largest absolute Gasteiger partial charge is 0.748 e. The van der Waals surface area contributed by atoms with Crippen molar-refractivity contribution in [2.45, 2.75) is 6.42 Å². The van der Waals surface area contributed by atoms with Crippen LogP contribution in [0.4, 0.5) is 0 Å². The lowest BCUT2D eigenvalue weighted by molar-refractivity contribution is 0.246. The van der Waals surface area contributed by atoms with Crippen molar-refractivity contribution in [3.8, 4) is 6.07 Å². The normalized spacial score (nSPS) is 12.9. The van der Waals surface area contributed by atoms with Crippen molar-refractivity contribution in [3.05, 3.63) is 42.0 Å². The predicted molar refractivity (Wildman–Crippen MR) is 57.8 cm³/mol. The number of rotatable bonds is 5. The molecule has 0 heterocycles. The smallest absolute Gasteiger partial charge is 0.112 e. The molecule has 0 saturated heterocycles. The number of benzene rings is 1. The van der Waals surface area contributed by atoms with Gasteiger partial charge in [0.25, 0.3) is 0 Å². The number of allylic oxidation sites excluding steroid dienone is 1. The summed E-state index contributed by atoms with van der Waals surface area (Å²) in [6.07, 6.45) is 1.70. The molecule has 0 aliphatic heterocycles. The second-order valence-electron chi connectivity index (χ2n) is 2.74. The fraction of sp³-hybridized carbons (Fsp3) is 0.100. The molecule has 1 rings (SSSR count). The van der Waals surface area contributed by atoms with E-state index in [2.05, 4.69) is 9.76 Å². The monoisotopic (exact) mass is 237 g/mol. The summed E-state index contributed by atoms with van der Waals surface area (Å²) in [5.74, 6) is 0. The molecular formula is C10H9N2O3S-. The van der Waals surface area contributed by atoms with Gasteiger partial charge in [-0.1, -0.05) is 30.3 Å². The van der Waals surface area contributed by atoms with Gasteiger partial charge in [-0.25, -0.2) is 4.21 Å². The van der Waals surface area contributed by atoms with E-state index < -0.39 is 11.4 Å². The van der Waals surface area contributed by atoms with E-state index in [1.165, 1.54) is 0 Å². The van der Waals surface area contributed by atoms with Gasteiger partial charge in [0.2, 0.25) is 0 Å². The van der Waals surface area contributed by atoms with Crippen molar-refractivity contribution in [3.63, 3.8) is 0 Å². The Labute approximate surface area is 95.8 Å². The molecule has 1 unspecified atom stereocenters. The second kappa shape index (κ2) is 6.74. The first-order chi connectivity index (χ1) is 7.74. The molecule has 84 valence electrons. The van der Waals surface area contributed by atoms with Crippen LogP contribution in [-0.4, -0.2) is 8.76 Å². The van der Waals surface area contributed by atoms with Crippen LogP contribution in [0.25, 0.3) is 5.70 Å². The summed E-state index contributed by atoms with van der Waals surface area (Å²) >= 11 is -2.65. The standard InChI is InChI=1S/C10H10N2O3S/c11-8-4-7-10(12-15-16(13)14)9-5-2-1-3-6-9/h1-3,5-7,12H,4H2,(H,13,14)/p-1. The highest BCUT2D eigenvalue weighted by atomic mass is 32.2. The molecule has 0 saturated carbocycles. The van der Waals surface area contributed by atoms with Crippen molar-refractivity contribution in [1.29, 1.82) is 5.26 Å². The Hall–Kier alpha value is -1.68. The minimum absolute atomic E-state index is 0.159. The molecule has 0 aliphatic carbocycles. The number of hydrogen-bond acceptors (Lipinski definition) is 5. The maximum Gasteiger partial charge on any atom is 0.112 e. The molecule has 6 heteroatoms. The van der Waals surface area contributed by atoms with Crippen LogP contribution in [0.3, 0.4) is 0 Å². The van der Waals surface area contributed by atoms with E-state index in [0.29, 0.717) is 5.70 Å². The lowest BCUT2D eigenvalue weighted by Crippen LogP contribution is -2.14. The van der Waals surface area contributed by atoms with Gasteiger partial charge < -0.3 is 4.55 Å². The van der Waals surface area contributed by atoms with Crippen molar-refractivity contribution in [1.82, 2.24) is 5.48 Å². The number of hydrogen-bond donors (Lipinski definition) is 1. The Balaban J connectivity index is 2.80. The summed E-state index contributed by atoms with van der Waals surface area (Å²) in [5.41, 5.74) is 3.44. The minimum atomic E-state index is -2.65. The number of nitrogens with one attached hydrogen (secondary N) is 1. The molecule has 0 bridgehead atoms. The molecule has 1 aromatic rings. The van der Waals surface area contributed by atoms with Gasteiger partial charge in [0.05, 0.1) is 18.2 Å². The average Bonchev–Trinajstić information content (AvgIpc) is 2.30. The van der Waals surface area contributed by atoms with Gasteiger partial charge >= 0.3 is 0 Å². The van der Waals surface area contributed by atoms with Gasteiger partial charge in [-0.2, -0.15) is 9.55 Å². The van der Waals surface area contributed by atoms with Crippen LogP contribution in [0, 0.1) is 11.3 Å². The summed E-state index contributed by atoms with van der Waals surface area (Å²) in [5, 5.41) is 8.45. The van der Waals surface area contributed by atoms with Crippen LogP contribution in [0.2, 0.25) is 0 Å². The molecule has 0 aliphatic rings. The summed E-state index contributed by atoms with van der Waals surface area (Å²) in [4.78, 5) is 0. The van der Waals surface area contributed by atoms with Crippen molar-refractivity contribution in [2.75, 3.05) is 0 Å². The van der Waals surface area contributed by atoms with Gasteiger partial charge in [0.15, 0.2) is 0 Å². The summed E-state index contributed by atoms with van der Waals surface area (Å²) in [7, 11) is 0. The topological polar surface area (TPSA) is 85.2 Å². The molecule has 1 N–H and O–H groups in total. The van der Waals surface area contributed by atoms with Crippen molar-refractivity contribution >= 4 is 17.1 Å². The van der Waals surface area contributed by atoms with Gasteiger partial charge in [0.1, 0.15) is 11.4 Å². The summed E-state index contributed by atoms with van der Waals surface area (Å²) in [6, 6.07) is 10.9. The summed E-state index contributed by atoms with van der Waals surface area (Å²) < 4.78 is 24.7. The molecule has 16 heavy (non-hydrogen) atoms. The zero-order chi connectivity index (χ0) is 11.8. The fourth-order valence-electron chi connectivity index (χ4n) is 1.06. The molecule has 0 amide bonds. The average molecular weight is 237 g/mol. The predicted octanol–water partition coefficient (Wildman–Crippen LogP) is 1.26. The molecule has 1 aromatic carbocycles. The zero-order valence-electron chi connectivity index (χ0n) is 8.25. The first-order valence-corrected chi connectivity index (χ1v) is 5.39. The SMILES string of the molecule is N#CCC=C(NOS(=O)[O-])c1ccccc1. The maximum atomic E-state index is 10.2. The molecule has 0 fully saturated rings. The highest BCUT2D eigenvalue weighted by Crippen LogP contribution is 2.11. The summed E-state index contributed by atoms with van der Waals surface area (Å²) in [6.45, 7) is 0. The number of hydroxylamine groups is 1. The van der Waals surface area contributed by atoms with Gasteiger partial charge in [-0.05, 0) is 11.6 Å². The highest BCUT2D eigenvalue weighted by Gasteiger charge is 2.00. The third-order valence-electron chi connectivity index (χ3n) is 1.70. The first-order valence-electron chi connectivity index (χ1n) is 4.39. The van der Waals surface area contributed by atoms with E-state index in [1.807, 2.05) is 12.1 Å². The molecule has 5 nitrogen and oxygen atoms in total. The van der Waals surface area contributed by atoms with Gasteiger partial charge in [-0.15, -0.1) is 0 Å². The highest BCUT2D eigenvalue weighted by molar-refractivity contribution is 7.74. The molecule has 0 radical (unpaired) electrons. The van der Waals surface area contributed by atoms with Crippen molar-refractivity contribution < 1.29 is 13.0 Å². The van der Waals surface area contributed by atoms with Gasteiger partial charge in [-0.3, -0.25) is 5.48 Å². The maximum absolute atomic E-state index is 10.2. The fourth-order valence-corrected chi connectivity index (χ4v) is 1.22. The van der Waals surface area contributed by atoms with Crippen LogP contribution in [0.5, 0.6) is 0 Å². The van der Waals surface area contributed by atoms with Crippen LogP contribution in [-0.2, 0) is 15.6 Å². The Morgan fingerprint density at radius 1 is 1.56 bits per heavy atom. The van der Waals surface area contributed by atoms with Gasteiger partial charge in [0, 0.05) is 0 Å². The quantitative estimate of drug-likeness (QED) is 0.615. The minimum Gasteiger partial charge on any atom is -0.748 e. The Morgan fingerprint density at radius 3 is 2.81 bits per heavy atom.